The number of halogens is 2. The Morgan fingerprint density at radius 3 is 2.57 bits per heavy atom. The summed E-state index contributed by atoms with van der Waals surface area (Å²) >= 11 is 7.45. The smallest absolute Gasteiger partial charge is 0.270 e. The number of rotatable bonds is 3. The van der Waals surface area contributed by atoms with Crippen LogP contribution in [0.25, 0.3) is 0 Å². The summed E-state index contributed by atoms with van der Waals surface area (Å²) in [5.74, 6) is 0.720. The van der Waals surface area contributed by atoms with Crippen molar-refractivity contribution in [3.63, 3.8) is 0 Å². The van der Waals surface area contributed by atoms with Gasteiger partial charge in [0.05, 0.1) is 5.02 Å². The number of hydrogen-bond donors (Lipinski definition) is 2. The minimum atomic E-state index is -1.20. The van der Waals surface area contributed by atoms with Crippen LogP contribution in [0.2, 0.25) is 5.02 Å². The number of nitrogens with zero attached hydrogens (tertiary/aromatic N) is 3. The molecule has 4 N–H and O–H groups in total. The standard InChI is InChI=1S/C21H27ClFN5OS/c1-20(23)11-15(24)21(12-20)7-9-28(10-8-21)19-26-17(25)16(18(29)27(19)2)30-14-6-4-3-5-13(14)22/h3-6,15H,7-12,24-25H2,1-2H3/t15-,20?/m1/s1. The second-order valence-electron chi connectivity index (χ2n) is 8.77. The maximum Gasteiger partial charge on any atom is 0.270 e. The van der Waals surface area contributed by atoms with Gasteiger partial charge in [-0.2, -0.15) is 4.98 Å². The molecule has 0 bridgehead atoms. The molecule has 0 amide bonds. The summed E-state index contributed by atoms with van der Waals surface area (Å²) < 4.78 is 16.1. The molecule has 30 heavy (non-hydrogen) atoms. The van der Waals surface area contributed by atoms with Crippen molar-refractivity contribution in [2.75, 3.05) is 23.7 Å². The fourth-order valence-corrected chi connectivity index (χ4v) is 6.07. The van der Waals surface area contributed by atoms with Gasteiger partial charge in [0.25, 0.3) is 5.56 Å². The molecule has 1 spiro atoms. The van der Waals surface area contributed by atoms with Gasteiger partial charge in [0.1, 0.15) is 16.4 Å². The quantitative estimate of drug-likeness (QED) is 0.740. The van der Waals surface area contributed by atoms with Crippen molar-refractivity contribution in [1.29, 1.82) is 0 Å². The highest BCUT2D eigenvalue weighted by atomic mass is 35.5. The lowest BCUT2D eigenvalue weighted by Crippen LogP contribution is -2.48. The Kier molecular flexibility index (Phi) is 5.53. The zero-order valence-electron chi connectivity index (χ0n) is 17.2. The summed E-state index contributed by atoms with van der Waals surface area (Å²) in [6, 6.07) is 7.17. The van der Waals surface area contributed by atoms with Crippen LogP contribution < -0.4 is 21.9 Å². The molecule has 2 aliphatic rings. The van der Waals surface area contributed by atoms with Crippen molar-refractivity contribution in [3.8, 4) is 0 Å². The molecular formula is C21H27ClFN5OS. The van der Waals surface area contributed by atoms with Gasteiger partial charge in [0.2, 0.25) is 5.95 Å². The summed E-state index contributed by atoms with van der Waals surface area (Å²) in [7, 11) is 1.70. The van der Waals surface area contributed by atoms with E-state index in [0.717, 1.165) is 17.7 Å². The number of benzene rings is 1. The van der Waals surface area contributed by atoms with E-state index in [2.05, 4.69) is 4.98 Å². The van der Waals surface area contributed by atoms with Crippen LogP contribution in [0, 0.1) is 5.41 Å². The monoisotopic (exact) mass is 451 g/mol. The summed E-state index contributed by atoms with van der Waals surface area (Å²) in [4.78, 5) is 20.7. The molecule has 1 saturated carbocycles. The van der Waals surface area contributed by atoms with E-state index in [1.54, 1.807) is 20.0 Å². The number of anilines is 2. The van der Waals surface area contributed by atoms with Crippen LogP contribution in [-0.2, 0) is 7.05 Å². The number of nitrogen functional groups attached to an aromatic ring is 1. The minimum absolute atomic E-state index is 0.133. The van der Waals surface area contributed by atoms with Crippen LogP contribution in [0.5, 0.6) is 0 Å². The van der Waals surface area contributed by atoms with Gasteiger partial charge >= 0.3 is 0 Å². The van der Waals surface area contributed by atoms with Gasteiger partial charge in [-0.1, -0.05) is 35.5 Å². The number of alkyl halides is 1. The SMILES string of the molecule is Cn1c(N2CCC3(CC2)CC(C)(F)C[C@H]3N)nc(N)c(Sc2ccccc2Cl)c1=O. The Morgan fingerprint density at radius 2 is 1.97 bits per heavy atom. The van der Waals surface area contributed by atoms with E-state index in [1.165, 1.54) is 16.3 Å². The van der Waals surface area contributed by atoms with Crippen molar-refractivity contribution < 1.29 is 4.39 Å². The molecule has 1 aromatic heterocycles. The van der Waals surface area contributed by atoms with Crippen LogP contribution in [0.15, 0.2) is 38.9 Å². The molecule has 1 aliphatic heterocycles. The zero-order valence-corrected chi connectivity index (χ0v) is 18.8. The number of aromatic nitrogens is 2. The van der Waals surface area contributed by atoms with E-state index in [4.69, 9.17) is 23.1 Å². The molecule has 9 heteroatoms. The first-order valence-electron chi connectivity index (χ1n) is 10.1. The van der Waals surface area contributed by atoms with Crippen molar-refractivity contribution in [3.05, 3.63) is 39.6 Å². The summed E-state index contributed by atoms with van der Waals surface area (Å²) in [6.45, 7) is 2.98. The van der Waals surface area contributed by atoms with Crippen LogP contribution in [0.3, 0.4) is 0 Å². The molecule has 162 valence electrons. The lowest BCUT2D eigenvalue weighted by molar-refractivity contribution is 0.142. The fraction of sp³-hybridized carbons (Fsp3) is 0.524. The summed E-state index contributed by atoms with van der Waals surface area (Å²) in [5.41, 5.74) is 10.9. The van der Waals surface area contributed by atoms with Crippen LogP contribution in [0.1, 0.15) is 32.6 Å². The Labute approximate surface area is 184 Å². The van der Waals surface area contributed by atoms with Crippen molar-refractivity contribution in [1.82, 2.24) is 9.55 Å². The third kappa shape index (κ3) is 3.81. The third-order valence-corrected chi connectivity index (χ3v) is 8.10. The third-order valence-electron chi connectivity index (χ3n) is 6.50. The molecule has 6 nitrogen and oxygen atoms in total. The molecular weight excluding hydrogens is 425 g/mol. The second-order valence-corrected chi connectivity index (χ2v) is 10.2. The highest BCUT2D eigenvalue weighted by Crippen LogP contribution is 2.51. The molecule has 1 aromatic carbocycles. The van der Waals surface area contributed by atoms with Crippen LogP contribution >= 0.6 is 23.4 Å². The van der Waals surface area contributed by atoms with Crippen LogP contribution in [0.4, 0.5) is 16.2 Å². The van der Waals surface area contributed by atoms with Crippen LogP contribution in [-0.4, -0.2) is 34.4 Å². The fourth-order valence-electron chi connectivity index (χ4n) is 4.91. The molecule has 2 atom stereocenters. The van der Waals surface area contributed by atoms with E-state index in [1.807, 2.05) is 23.1 Å². The molecule has 2 heterocycles. The summed E-state index contributed by atoms with van der Waals surface area (Å²) in [5, 5.41) is 0.558. The number of piperidine rings is 1. The van der Waals surface area contributed by atoms with E-state index in [0.29, 0.717) is 41.8 Å². The maximum absolute atomic E-state index is 14.6. The van der Waals surface area contributed by atoms with E-state index in [9.17, 15) is 9.18 Å². The Morgan fingerprint density at radius 1 is 1.30 bits per heavy atom. The van der Waals surface area contributed by atoms with Gasteiger partial charge < -0.3 is 16.4 Å². The van der Waals surface area contributed by atoms with Gasteiger partial charge in [-0.05, 0) is 50.2 Å². The Bertz CT molecular complexity index is 1020. The predicted octanol–water partition coefficient (Wildman–Crippen LogP) is 3.60. The van der Waals surface area contributed by atoms with E-state index < -0.39 is 5.67 Å². The van der Waals surface area contributed by atoms with Gasteiger partial charge in [0, 0.05) is 31.1 Å². The Hall–Kier alpha value is -1.77. The number of nitrogens with two attached hydrogens (primary N) is 2. The zero-order chi connectivity index (χ0) is 21.7. The van der Waals surface area contributed by atoms with Gasteiger partial charge in [-0.25, -0.2) is 4.39 Å². The molecule has 4 rings (SSSR count). The Balaban J connectivity index is 1.57. The van der Waals surface area contributed by atoms with Crippen molar-refractivity contribution in [2.45, 2.75) is 54.1 Å². The lowest BCUT2D eigenvalue weighted by atomic mass is 9.74. The topological polar surface area (TPSA) is 90.2 Å². The average molecular weight is 452 g/mol. The van der Waals surface area contributed by atoms with Gasteiger partial charge in [-0.3, -0.25) is 9.36 Å². The lowest BCUT2D eigenvalue weighted by Gasteiger charge is -2.42. The average Bonchev–Trinajstić information content (AvgIpc) is 2.91. The molecule has 1 unspecified atom stereocenters. The van der Waals surface area contributed by atoms with Gasteiger partial charge in [-0.15, -0.1) is 0 Å². The van der Waals surface area contributed by atoms with E-state index >= 15 is 0 Å². The first kappa shape index (κ1) is 21.5. The first-order chi connectivity index (χ1) is 14.1. The first-order valence-corrected chi connectivity index (χ1v) is 11.3. The molecule has 1 aliphatic carbocycles. The predicted molar refractivity (Wildman–Crippen MR) is 120 cm³/mol. The second kappa shape index (κ2) is 7.73. The highest BCUT2D eigenvalue weighted by Gasteiger charge is 2.52. The molecule has 2 aromatic rings. The minimum Gasteiger partial charge on any atom is -0.382 e. The molecule has 1 saturated heterocycles. The number of hydrogen-bond acceptors (Lipinski definition) is 6. The maximum atomic E-state index is 14.6. The summed E-state index contributed by atoms with van der Waals surface area (Å²) in [6.07, 6.45) is 2.46. The normalized spacial score (nSPS) is 25.8. The van der Waals surface area contributed by atoms with Crippen molar-refractivity contribution >= 4 is 35.1 Å². The highest BCUT2D eigenvalue weighted by molar-refractivity contribution is 7.99. The van der Waals surface area contributed by atoms with Gasteiger partial charge in [0.15, 0.2) is 0 Å². The van der Waals surface area contributed by atoms with E-state index in [-0.39, 0.29) is 22.8 Å². The van der Waals surface area contributed by atoms with Crippen molar-refractivity contribution in [2.24, 2.45) is 18.2 Å². The molecule has 0 radical (unpaired) electrons. The molecule has 2 fully saturated rings. The largest absolute Gasteiger partial charge is 0.382 e.